The van der Waals surface area contributed by atoms with Crippen molar-refractivity contribution in [2.45, 2.75) is 19.3 Å². The van der Waals surface area contributed by atoms with Gasteiger partial charge in [-0.15, -0.1) is 0 Å². The van der Waals surface area contributed by atoms with E-state index in [1.165, 1.54) is 18.4 Å². The second-order valence-corrected chi connectivity index (χ2v) is 4.44. The zero-order chi connectivity index (χ0) is 12.1. The Morgan fingerprint density at radius 2 is 2.24 bits per heavy atom. The van der Waals surface area contributed by atoms with Crippen LogP contribution in [0.3, 0.4) is 0 Å². The van der Waals surface area contributed by atoms with Gasteiger partial charge in [-0.3, -0.25) is 9.67 Å². The lowest BCUT2D eigenvalue weighted by atomic mass is 10.2. The summed E-state index contributed by atoms with van der Waals surface area (Å²) in [4.78, 5) is 6.64. The summed E-state index contributed by atoms with van der Waals surface area (Å²) in [6.07, 6.45) is 7.52. The quantitative estimate of drug-likeness (QED) is 0.617. The normalized spacial score (nSPS) is 16.6. The van der Waals surface area contributed by atoms with Gasteiger partial charge < -0.3 is 10.2 Å². The highest BCUT2D eigenvalue weighted by molar-refractivity contribution is 5.80. The van der Waals surface area contributed by atoms with Gasteiger partial charge in [-0.25, -0.2) is 0 Å². The van der Waals surface area contributed by atoms with Crippen LogP contribution in [-0.2, 0) is 13.5 Å². The molecule has 0 radical (unpaired) electrons. The van der Waals surface area contributed by atoms with Crippen LogP contribution in [0.15, 0.2) is 17.4 Å². The molecule has 94 valence electrons. The van der Waals surface area contributed by atoms with Gasteiger partial charge in [0.1, 0.15) is 0 Å². The Kier molecular flexibility index (Phi) is 4.01. The maximum Gasteiger partial charge on any atom is 0.193 e. The molecule has 2 heterocycles. The summed E-state index contributed by atoms with van der Waals surface area (Å²) in [7, 11) is 3.80. The summed E-state index contributed by atoms with van der Waals surface area (Å²) in [5.74, 6) is 1.03. The highest BCUT2D eigenvalue weighted by Gasteiger charge is 2.14. The molecule has 1 aromatic rings. The van der Waals surface area contributed by atoms with Gasteiger partial charge in [-0.1, -0.05) is 0 Å². The summed E-state index contributed by atoms with van der Waals surface area (Å²) in [5.41, 5.74) is 1.26. The fraction of sp³-hybridized carbons (Fsp3) is 0.667. The molecule has 5 heteroatoms. The Morgan fingerprint density at radius 3 is 2.82 bits per heavy atom. The zero-order valence-corrected chi connectivity index (χ0v) is 10.7. The summed E-state index contributed by atoms with van der Waals surface area (Å²) in [5, 5.41) is 7.57. The maximum absolute atomic E-state index is 4.32. The van der Waals surface area contributed by atoms with Crippen molar-refractivity contribution in [2.24, 2.45) is 12.0 Å². The number of aryl methyl sites for hydroxylation is 1. The zero-order valence-electron chi connectivity index (χ0n) is 10.7. The Labute approximate surface area is 103 Å². The van der Waals surface area contributed by atoms with E-state index < -0.39 is 0 Å². The van der Waals surface area contributed by atoms with E-state index in [9.17, 15) is 0 Å². The van der Waals surface area contributed by atoms with Crippen LogP contribution in [-0.4, -0.2) is 47.3 Å². The van der Waals surface area contributed by atoms with Crippen LogP contribution in [0.25, 0.3) is 0 Å². The van der Waals surface area contributed by atoms with Gasteiger partial charge >= 0.3 is 0 Å². The van der Waals surface area contributed by atoms with Crippen LogP contribution in [0, 0.1) is 0 Å². The van der Waals surface area contributed by atoms with Gasteiger partial charge in [0.2, 0.25) is 0 Å². The third-order valence-electron chi connectivity index (χ3n) is 3.07. The van der Waals surface area contributed by atoms with E-state index in [-0.39, 0.29) is 0 Å². The van der Waals surface area contributed by atoms with Crippen molar-refractivity contribution in [1.82, 2.24) is 20.0 Å². The number of rotatable bonds is 3. The molecule has 1 N–H and O–H groups in total. The second-order valence-electron chi connectivity index (χ2n) is 4.44. The lowest BCUT2D eigenvalue weighted by molar-refractivity contribution is 0.494. The number of likely N-dealkylation sites (tertiary alicyclic amines) is 1. The average Bonchev–Trinajstić information content (AvgIpc) is 2.96. The summed E-state index contributed by atoms with van der Waals surface area (Å²) in [6.45, 7) is 3.17. The SMILES string of the molecule is CN=C(NCCc1cnn(C)c1)N1CCCC1. The predicted octanol–water partition coefficient (Wildman–Crippen LogP) is 0.634. The highest BCUT2D eigenvalue weighted by Crippen LogP contribution is 2.07. The number of aliphatic imine (C=N–C) groups is 1. The van der Waals surface area contributed by atoms with Crippen molar-refractivity contribution >= 4 is 5.96 Å². The number of guanidine groups is 1. The van der Waals surface area contributed by atoms with Crippen molar-refractivity contribution in [1.29, 1.82) is 0 Å². The monoisotopic (exact) mass is 235 g/mol. The number of hydrogen-bond donors (Lipinski definition) is 1. The Bertz CT molecular complexity index is 376. The topological polar surface area (TPSA) is 45.5 Å². The minimum Gasteiger partial charge on any atom is -0.356 e. The van der Waals surface area contributed by atoms with Crippen molar-refractivity contribution in [2.75, 3.05) is 26.7 Å². The fourth-order valence-electron chi connectivity index (χ4n) is 2.18. The second kappa shape index (κ2) is 5.70. The molecule has 0 amide bonds. The van der Waals surface area contributed by atoms with Gasteiger partial charge in [-0.2, -0.15) is 5.10 Å². The summed E-state index contributed by atoms with van der Waals surface area (Å²) < 4.78 is 1.84. The highest BCUT2D eigenvalue weighted by atomic mass is 15.3. The van der Waals surface area contributed by atoms with Crippen LogP contribution < -0.4 is 5.32 Å². The van der Waals surface area contributed by atoms with Gasteiger partial charge in [0.05, 0.1) is 6.20 Å². The number of nitrogens with zero attached hydrogens (tertiary/aromatic N) is 4. The smallest absolute Gasteiger partial charge is 0.193 e. The largest absolute Gasteiger partial charge is 0.356 e. The van der Waals surface area contributed by atoms with Crippen LogP contribution in [0.2, 0.25) is 0 Å². The molecule has 1 aliphatic rings. The third kappa shape index (κ3) is 3.22. The number of aromatic nitrogens is 2. The summed E-state index contributed by atoms with van der Waals surface area (Å²) in [6, 6.07) is 0. The van der Waals surface area contributed by atoms with E-state index in [1.54, 1.807) is 0 Å². The molecule has 1 aromatic heterocycles. The summed E-state index contributed by atoms with van der Waals surface area (Å²) >= 11 is 0. The Balaban J connectivity index is 1.76. The van der Waals surface area contributed by atoms with Gasteiger partial charge in [0, 0.05) is 39.9 Å². The van der Waals surface area contributed by atoms with E-state index in [2.05, 4.69) is 26.5 Å². The molecule has 0 bridgehead atoms. The first-order valence-electron chi connectivity index (χ1n) is 6.22. The average molecular weight is 235 g/mol. The van der Waals surface area contributed by atoms with Gasteiger partial charge in [0.15, 0.2) is 5.96 Å². The maximum atomic E-state index is 4.32. The number of nitrogens with one attached hydrogen (secondary N) is 1. The number of hydrogen-bond acceptors (Lipinski definition) is 2. The molecule has 0 aromatic carbocycles. The first-order valence-corrected chi connectivity index (χ1v) is 6.22. The molecule has 0 aliphatic carbocycles. The van der Waals surface area contributed by atoms with E-state index >= 15 is 0 Å². The van der Waals surface area contributed by atoms with E-state index in [1.807, 2.05) is 25.0 Å². The molecular weight excluding hydrogens is 214 g/mol. The Hall–Kier alpha value is -1.52. The first kappa shape index (κ1) is 12.0. The van der Waals surface area contributed by atoms with E-state index in [0.29, 0.717) is 0 Å². The fourth-order valence-corrected chi connectivity index (χ4v) is 2.18. The van der Waals surface area contributed by atoms with E-state index in [4.69, 9.17) is 0 Å². The minimum absolute atomic E-state index is 0.912. The standard InChI is InChI=1S/C12H21N5/c1-13-12(17-7-3-4-8-17)14-6-5-11-9-15-16(2)10-11/h9-10H,3-8H2,1-2H3,(H,13,14). The van der Waals surface area contributed by atoms with Crippen molar-refractivity contribution in [3.05, 3.63) is 18.0 Å². The van der Waals surface area contributed by atoms with E-state index in [0.717, 1.165) is 32.0 Å². The molecule has 0 unspecified atom stereocenters. The predicted molar refractivity (Wildman–Crippen MR) is 69.1 cm³/mol. The molecule has 0 saturated carbocycles. The van der Waals surface area contributed by atoms with Crippen LogP contribution in [0.4, 0.5) is 0 Å². The van der Waals surface area contributed by atoms with Gasteiger partial charge in [0.25, 0.3) is 0 Å². The first-order chi connectivity index (χ1) is 8.29. The third-order valence-corrected chi connectivity index (χ3v) is 3.07. The molecule has 1 fully saturated rings. The van der Waals surface area contributed by atoms with Crippen LogP contribution >= 0.6 is 0 Å². The lowest BCUT2D eigenvalue weighted by Crippen LogP contribution is -2.40. The Morgan fingerprint density at radius 1 is 1.47 bits per heavy atom. The van der Waals surface area contributed by atoms with Crippen LogP contribution in [0.5, 0.6) is 0 Å². The minimum atomic E-state index is 0.912. The molecule has 1 saturated heterocycles. The van der Waals surface area contributed by atoms with Crippen LogP contribution in [0.1, 0.15) is 18.4 Å². The van der Waals surface area contributed by atoms with Crippen molar-refractivity contribution < 1.29 is 0 Å². The molecule has 0 spiro atoms. The van der Waals surface area contributed by atoms with Crippen molar-refractivity contribution in [3.8, 4) is 0 Å². The van der Waals surface area contributed by atoms with Gasteiger partial charge in [-0.05, 0) is 24.8 Å². The molecular formula is C12H21N5. The molecule has 1 aliphatic heterocycles. The molecule has 0 atom stereocenters. The van der Waals surface area contributed by atoms with Crippen molar-refractivity contribution in [3.63, 3.8) is 0 Å². The lowest BCUT2D eigenvalue weighted by Gasteiger charge is -2.20. The molecule has 2 rings (SSSR count). The molecule has 5 nitrogen and oxygen atoms in total. The molecule has 17 heavy (non-hydrogen) atoms.